The Hall–Kier alpha value is -2.09. The molecule has 1 N–H and O–H groups in total. The summed E-state index contributed by atoms with van der Waals surface area (Å²) in [5, 5.41) is 14.5. The van der Waals surface area contributed by atoms with E-state index in [0.29, 0.717) is 5.95 Å². The normalized spacial score (nSPS) is 11.2. The van der Waals surface area contributed by atoms with E-state index in [2.05, 4.69) is 57.1 Å². The fourth-order valence-electron chi connectivity index (χ4n) is 2.87. The first-order chi connectivity index (χ1) is 13.7. The molecule has 144 valence electrons. The lowest BCUT2D eigenvalue weighted by molar-refractivity contribution is 0.688. The van der Waals surface area contributed by atoms with E-state index in [1.807, 2.05) is 24.3 Å². The van der Waals surface area contributed by atoms with Crippen molar-refractivity contribution in [1.29, 1.82) is 0 Å². The van der Waals surface area contributed by atoms with Gasteiger partial charge in [0.05, 0.1) is 10.2 Å². The second-order valence-electron chi connectivity index (χ2n) is 6.23. The third-order valence-corrected chi connectivity index (χ3v) is 6.75. The van der Waals surface area contributed by atoms with Crippen molar-refractivity contribution in [1.82, 2.24) is 19.7 Å². The van der Waals surface area contributed by atoms with Gasteiger partial charge in [-0.2, -0.15) is 0 Å². The summed E-state index contributed by atoms with van der Waals surface area (Å²) in [7, 11) is 0. The van der Waals surface area contributed by atoms with Gasteiger partial charge in [-0.05, 0) is 42.7 Å². The molecule has 4 aromatic rings. The third kappa shape index (κ3) is 4.01. The van der Waals surface area contributed by atoms with E-state index in [0.717, 1.165) is 45.1 Å². The molecule has 5 nitrogen and oxygen atoms in total. The van der Waals surface area contributed by atoms with Gasteiger partial charge in [-0.1, -0.05) is 65.9 Å². The van der Waals surface area contributed by atoms with Crippen molar-refractivity contribution >= 4 is 56.0 Å². The average Bonchev–Trinajstić information content (AvgIpc) is 3.29. The van der Waals surface area contributed by atoms with Crippen LogP contribution >= 0.6 is 34.7 Å². The first kappa shape index (κ1) is 19.2. The van der Waals surface area contributed by atoms with E-state index in [-0.39, 0.29) is 0 Å². The molecular formula is C20H20ClN5S2. The Morgan fingerprint density at radius 2 is 2.00 bits per heavy atom. The van der Waals surface area contributed by atoms with Crippen LogP contribution in [0, 0.1) is 0 Å². The van der Waals surface area contributed by atoms with Crippen LogP contribution in [-0.2, 0) is 18.7 Å². The molecule has 0 unspecified atom stereocenters. The van der Waals surface area contributed by atoms with Crippen LogP contribution in [0.1, 0.15) is 25.0 Å². The Kier molecular flexibility index (Phi) is 5.85. The first-order valence-electron chi connectivity index (χ1n) is 9.13. The molecule has 0 aliphatic carbocycles. The second-order valence-corrected chi connectivity index (χ2v) is 8.61. The summed E-state index contributed by atoms with van der Waals surface area (Å²) in [6, 6.07) is 14.3. The SMILES string of the molecule is CCc1ccc2nc(Nc3nnc(SCc4ccccc4Cl)n3CC)sc2c1. The molecule has 0 saturated heterocycles. The minimum absolute atomic E-state index is 0.707. The number of nitrogens with one attached hydrogen (secondary N) is 1. The summed E-state index contributed by atoms with van der Waals surface area (Å²) >= 11 is 9.52. The number of hydrogen-bond donors (Lipinski definition) is 1. The molecule has 0 bridgehead atoms. The summed E-state index contributed by atoms with van der Waals surface area (Å²) < 4.78 is 3.24. The molecule has 0 fully saturated rings. The zero-order valence-corrected chi connectivity index (χ0v) is 18.0. The van der Waals surface area contributed by atoms with E-state index in [1.54, 1.807) is 23.1 Å². The third-order valence-electron chi connectivity index (χ3n) is 4.43. The minimum atomic E-state index is 0.707. The quantitative estimate of drug-likeness (QED) is 0.356. The molecule has 28 heavy (non-hydrogen) atoms. The summed E-state index contributed by atoms with van der Waals surface area (Å²) in [5.74, 6) is 1.46. The van der Waals surface area contributed by atoms with E-state index in [4.69, 9.17) is 11.6 Å². The van der Waals surface area contributed by atoms with Crippen LogP contribution in [-0.4, -0.2) is 19.7 Å². The first-order valence-corrected chi connectivity index (χ1v) is 11.3. The molecule has 2 aromatic heterocycles. The van der Waals surface area contributed by atoms with Gasteiger partial charge < -0.3 is 5.32 Å². The van der Waals surface area contributed by atoms with Crippen molar-refractivity contribution in [3.63, 3.8) is 0 Å². The van der Waals surface area contributed by atoms with Crippen molar-refractivity contribution < 1.29 is 0 Å². The highest BCUT2D eigenvalue weighted by Crippen LogP contribution is 2.31. The van der Waals surface area contributed by atoms with Gasteiger partial charge in [-0.25, -0.2) is 4.98 Å². The van der Waals surface area contributed by atoms with Gasteiger partial charge in [-0.15, -0.1) is 10.2 Å². The number of thiazole rings is 1. The number of rotatable bonds is 7. The Morgan fingerprint density at radius 1 is 1.14 bits per heavy atom. The summed E-state index contributed by atoms with van der Waals surface area (Å²) in [4.78, 5) is 4.68. The van der Waals surface area contributed by atoms with Gasteiger partial charge >= 0.3 is 0 Å². The largest absolute Gasteiger partial charge is 0.300 e. The van der Waals surface area contributed by atoms with Gasteiger partial charge in [0.25, 0.3) is 0 Å². The topological polar surface area (TPSA) is 55.6 Å². The number of thioether (sulfide) groups is 1. The van der Waals surface area contributed by atoms with Crippen LogP contribution in [0.5, 0.6) is 0 Å². The molecular weight excluding hydrogens is 410 g/mol. The number of fused-ring (bicyclic) bond motifs is 1. The predicted molar refractivity (Wildman–Crippen MR) is 119 cm³/mol. The zero-order chi connectivity index (χ0) is 19.5. The van der Waals surface area contributed by atoms with Crippen molar-refractivity contribution in [3.05, 3.63) is 58.6 Å². The van der Waals surface area contributed by atoms with Crippen LogP contribution in [0.15, 0.2) is 47.6 Å². The maximum absolute atomic E-state index is 6.26. The van der Waals surface area contributed by atoms with E-state index < -0.39 is 0 Å². The molecule has 0 radical (unpaired) electrons. The van der Waals surface area contributed by atoms with Gasteiger partial charge in [0.2, 0.25) is 5.95 Å². The fourth-order valence-corrected chi connectivity index (χ4v) is 5.08. The van der Waals surface area contributed by atoms with E-state index >= 15 is 0 Å². The van der Waals surface area contributed by atoms with Crippen LogP contribution in [0.25, 0.3) is 10.2 Å². The molecule has 2 aromatic carbocycles. The monoisotopic (exact) mass is 429 g/mol. The summed E-state index contributed by atoms with van der Waals surface area (Å²) in [6.07, 6.45) is 1.02. The number of nitrogens with zero attached hydrogens (tertiary/aromatic N) is 4. The average molecular weight is 430 g/mol. The lowest BCUT2D eigenvalue weighted by Crippen LogP contribution is -2.03. The molecule has 0 spiro atoms. The Bertz CT molecular complexity index is 1110. The smallest absolute Gasteiger partial charge is 0.231 e. The number of anilines is 2. The lowest BCUT2D eigenvalue weighted by Gasteiger charge is -2.08. The number of hydrogen-bond acceptors (Lipinski definition) is 6. The Balaban J connectivity index is 1.53. The van der Waals surface area contributed by atoms with Crippen LogP contribution in [0.3, 0.4) is 0 Å². The standard InChI is InChI=1S/C20H20ClN5S2/c1-3-13-9-10-16-17(11-13)28-19(22-16)23-18-24-25-20(26(18)4-2)27-12-14-7-5-6-8-15(14)21/h5-11H,3-4,12H2,1-2H3,(H,22,23,24). The number of aryl methyl sites for hydroxylation is 1. The molecule has 0 amide bonds. The maximum Gasteiger partial charge on any atom is 0.231 e. The molecule has 0 atom stereocenters. The van der Waals surface area contributed by atoms with Gasteiger partial charge in [-0.3, -0.25) is 4.57 Å². The molecule has 0 saturated carbocycles. The number of halogens is 1. The van der Waals surface area contributed by atoms with E-state index in [9.17, 15) is 0 Å². The minimum Gasteiger partial charge on any atom is -0.300 e. The summed E-state index contributed by atoms with van der Waals surface area (Å²) in [6.45, 7) is 5.01. The highest BCUT2D eigenvalue weighted by Gasteiger charge is 2.14. The molecule has 0 aliphatic rings. The highest BCUT2D eigenvalue weighted by atomic mass is 35.5. The second kappa shape index (κ2) is 8.51. The molecule has 2 heterocycles. The van der Waals surface area contributed by atoms with Crippen molar-refractivity contribution in [2.75, 3.05) is 5.32 Å². The van der Waals surface area contributed by atoms with E-state index in [1.165, 1.54) is 10.3 Å². The van der Waals surface area contributed by atoms with Crippen molar-refractivity contribution in [2.24, 2.45) is 0 Å². The maximum atomic E-state index is 6.26. The number of benzene rings is 2. The lowest BCUT2D eigenvalue weighted by atomic mass is 10.2. The van der Waals surface area contributed by atoms with Crippen LogP contribution < -0.4 is 5.32 Å². The summed E-state index contributed by atoms with van der Waals surface area (Å²) in [5.41, 5.74) is 3.41. The van der Waals surface area contributed by atoms with Gasteiger partial charge in [0.15, 0.2) is 10.3 Å². The zero-order valence-electron chi connectivity index (χ0n) is 15.6. The highest BCUT2D eigenvalue weighted by molar-refractivity contribution is 7.98. The molecule has 8 heteroatoms. The van der Waals surface area contributed by atoms with Crippen LogP contribution in [0.2, 0.25) is 5.02 Å². The molecule has 4 rings (SSSR count). The van der Waals surface area contributed by atoms with Crippen molar-refractivity contribution in [3.8, 4) is 0 Å². The van der Waals surface area contributed by atoms with Gasteiger partial charge in [0.1, 0.15) is 0 Å². The van der Waals surface area contributed by atoms with Crippen LogP contribution in [0.4, 0.5) is 11.1 Å². The Labute approximate surface area is 177 Å². The molecule has 0 aliphatic heterocycles. The predicted octanol–water partition coefficient (Wildman–Crippen LogP) is 6.16. The van der Waals surface area contributed by atoms with Gasteiger partial charge in [0, 0.05) is 17.3 Å². The Morgan fingerprint density at radius 3 is 2.79 bits per heavy atom. The van der Waals surface area contributed by atoms with Crippen molar-refractivity contribution in [2.45, 2.75) is 37.7 Å². The fraction of sp³-hybridized carbons (Fsp3) is 0.250. The number of aromatic nitrogens is 4.